The first kappa shape index (κ1) is 38.4. The lowest BCUT2D eigenvalue weighted by Crippen LogP contribution is -2.29. The van der Waals surface area contributed by atoms with E-state index in [2.05, 4.69) is 134 Å². The van der Waals surface area contributed by atoms with E-state index in [1.165, 1.54) is 22.3 Å². The summed E-state index contributed by atoms with van der Waals surface area (Å²) in [4.78, 5) is 24.4. The van der Waals surface area contributed by atoms with E-state index in [0.29, 0.717) is 26.1 Å². The van der Waals surface area contributed by atoms with Crippen molar-refractivity contribution in [1.82, 2.24) is 0 Å². The third-order valence-electron chi connectivity index (χ3n) is 10.1. The Bertz CT molecular complexity index is 2200. The van der Waals surface area contributed by atoms with Crippen molar-refractivity contribution in [2.24, 2.45) is 0 Å². The van der Waals surface area contributed by atoms with Crippen LogP contribution in [-0.2, 0) is 24.5 Å². The fraction of sp³-hybridized carbons (Fsp3) is 0.277. The first-order valence-corrected chi connectivity index (χ1v) is 19.6. The van der Waals surface area contributed by atoms with Gasteiger partial charge in [0.25, 0.3) is 0 Å². The largest absolute Gasteiger partial charge is 0.493 e. The fourth-order valence-electron chi connectivity index (χ4n) is 7.59. The van der Waals surface area contributed by atoms with Gasteiger partial charge in [0.15, 0.2) is 0 Å². The number of thiol groups is 2. The van der Waals surface area contributed by atoms with Crippen LogP contribution in [0.1, 0.15) is 62.8 Å². The molecule has 0 heterocycles. The second-order valence-electron chi connectivity index (χ2n) is 14.9. The van der Waals surface area contributed by atoms with Gasteiger partial charge in [-0.2, -0.15) is 25.3 Å². The highest BCUT2D eigenvalue weighted by Crippen LogP contribution is 2.58. The number of benzene rings is 6. The molecule has 0 radical (unpaired) electrons. The van der Waals surface area contributed by atoms with Crippen LogP contribution >= 0.6 is 25.3 Å². The van der Waals surface area contributed by atoms with E-state index in [1.54, 1.807) is 27.7 Å². The lowest BCUT2D eigenvalue weighted by atomic mass is 9.65. The van der Waals surface area contributed by atoms with E-state index in [-0.39, 0.29) is 25.2 Å². The SMILES string of the molecule is CC(C)(S)C(=O)OCCCOc1cccc2c(C3(c4cccc5c(OCCCOC(=O)C(C)(C)S)cccc45)c4ccccc4-c4ccccc43)cccc12. The van der Waals surface area contributed by atoms with Crippen LogP contribution in [0.3, 0.4) is 0 Å². The van der Waals surface area contributed by atoms with Gasteiger partial charge in [0.2, 0.25) is 0 Å². The van der Waals surface area contributed by atoms with Gasteiger partial charge in [-0.3, -0.25) is 9.59 Å². The molecule has 6 nitrogen and oxygen atoms in total. The number of carbonyl (C=O) groups excluding carboxylic acids is 2. The van der Waals surface area contributed by atoms with E-state index >= 15 is 0 Å². The zero-order chi connectivity index (χ0) is 38.8. The molecule has 0 bridgehead atoms. The maximum Gasteiger partial charge on any atom is 0.321 e. The molecule has 1 aliphatic carbocycles. The number of carbonyl (C=O) groups is 2. The summed E-state index contributed by atoms with van der Waals surface area (Å²) in [6, 6.07) is 42.9. The molecule has 0 N–H and O–H groups in total. The van der Waals surface area contributed by atoms with Gasteiger partial charge in [0.05, 0.1) is 31.8 Å². The normalized spacial score (nSPS) is 13.3. The van der Waals surface area contributed by atoms with Crippen LogP contribution in [0, 0.1) is 0 Å². The number of fused-ring (bicyclic) bond motifs is 5. The van der Waals surface area contributed by atoms with E-state index in [0.717, 1.165) is 44.2 Å². The van der Waals surface area contributed by atoms with E-state index in [9.17, 15) is 9.59 Å². The summed E-state index contributed by atoms with van der Waals surface area (Å²) in [5.74, 6) is 0.840. The second-order valence-corrected chi connectivity index (χ2v) is 17.2. The number of hydrogen-bond donors (Lipinski definition) is 2. The Kier molecular flexibility index (Phi) is 10.9. The molecule has 55 heavy (non-hydrogen) atoms. The molecule has 8 heteroatoms. The molecule has 0 saturated carbocycles. The molecule has 0 amide bonds. The minimum atomic E-state index is -0.847. The molecular weight excluding hydrogens is 725 g/mol. The van der Waals surface area contributed by atoms with Crippen LogP contribution < -0.4 is 9.47 Å². The van der Waals surface area contributed by atoms with Gasteiger partial charge in [-0.15, -0.1) is 0 Å². The van der Waals surface area contributed by atoms with Gasteiger partial charge >= 0.3 is 11.9 Å². The Morgan fingerprint density at radius 1 is 0.473 bits per heavy atom. The number of hydrogen-bond acceptors (Lipinski definition) is 8. The Balaban J connectivity index is 1.31. The molecule has 7 rings (SSSR count). The zero-order valence-corrected chi connectivity index (χ0v) is 33.4. The topological polar surface area (TPSA) is 71.1 Å². The maximum absolute atomic E-state index is 12.2. The maximum atomic E-state index is 12.2. The molecule has 0 aliphatic heterocycles. The summed E-state index contributed by atoms with van der Waals surface area (Å²) in [5, 5.41) is 4.16. The van der Waals surface area contributed by atoms with Crippen LogP contribution in [0.2, 0.25) is 0 Å². The minimum Gasteiger partial charge on any atom is -0.493 e. The first-order chi connectivity index (χ1) is 26.4. The van der Waals surface area contributed by atoms with Crippen LogP contribution in [0.25, 0.3) is 32.7 Å². The highest BCUT2D eigenvalue weighted by molar-refractivity contribution is 7.82. The van der Waals surface area contributed by atoms with Gasteiger partial charge in [0.1, 0.15) is 21.0 Å². The van der Waals surface area contributed by atoms with Crippen molar-refractivity contribution in [3.8, 4) is 22.6 Å². The van der Waals surface area contributed by atoms with Crippen molar-refractivity contribution in [3.63, 3.8) is 0 Å². The van der Waals surface area contributed by atoms with Crippen LogP contribution in [0.5, 0.6) is 11.5 Å². The highest BCUT2D eigenvalue weighted by atomic mass is 32.1. The fourth-order valence-corrected chi connectivity index (χ4v) is 7.72. The number of ether oxygens (including phenoxy) is 4. The molecule has 0 aromatic heterocycles. The zero-order valence-electron chi connectivity index (χ0n) is 31.6. The summed E-state index contributed by atoms with van der Waals surface area (Å²) < 4.78 is 21.9. The second kappa shape index (κ2) is 15.7. The summed E-state index contributed by atoms with van der Waals surface area (Å²) in [6.45, 7) is 8.17. The first-order valence-electron chi connectivity index (χ1n) is 18.7. The number of rotatable bonds is 14. The average molecular weight is 771 g/mol. The Labute approximate surface area is 334 Å². The van der Waals surface area contributed by atoms with Crippen LogP contribution in [0.4, 0.5) is 0 Å². The highest BCUT2D eigenvalue weighted by Gasteiger charge is 2.47. The van der Waals surface area contributed by atoms with Crippen molar-refractivity contribution < 1.29 is 28.5 Å². The Hall–Kier alpha value is -4.92. The van der Waals surface area contributed by atoms with E-state index in [4.69, 9.17) is 18.9 Å². The van der Waals surface area contributed by atoms with Gasteiger partial charge in [0, 0.05) is 23.6 Å². The quantitative estimate of drug-likeness (QED) is 0.0652. The molecule has 6 aromatic rings. The molecular formula is C47H46O6S2. The van der Waals surface area contributed by atoms with Gasteiger partial charge < -0.3 is 18.9 Å². The molecule has 0 spiro atoms. The van der Waals surface area contributed by atoms with Crippen molar-refractivity contribution in [2.45, 2.75) is 55.4 Å². The predicted molar refractivity (Wildman–Crippen MR) is 227 cm³/mol. The minimum absolute atomic E-state index is 0.254. The molecule has 0 unspecified atom stereocenters. The van der Waals surface area contributed by atoms with Crippen molar-refractivity contribution in [2.75, 3.05) is 26.4 Å². The van der Waals surface area contributed by atoms with Gasteiger partial charge in [-0.25, -0.2) is 0 Å². The summed E-state index contributed by atoms with van der Waals surface area (Å²) in [7, 11) is 0. The molecule has 0 fully saturated rings. The van der Waals surface area contributed by atoms with Crippen LogP contribution in [0.15, 0.2) is 121 Å². The monoisotopic (exact) mass is 770 g/mol. The molecule has 0 saturated heterocycles. The lowest BCUT2D eigenvalue weighted by molar-refractivity contribution is -0.146. The third-order valence-corrected chi connectivity index (χ3v) is 10.4. The molecule has 282 valence electrons. The average Bonchev–Trinajstić information content (AvgIpc) is 3.47. The van der Waals surface area contributed by atoms with Gasteiger partial charge in [-0.1, -0.05) is 109 Å². The summed E-state index contributed by atoms with van der Waals surface area (Å²) in [5.41, 5.74) is 6.41. The lowest BCUT2D eigenvalue weighted by Gasteiger charge is -2.36. The standard InChI is InChI=1S/C47H46O6S2/c1-45(2,54)43(48)52-29-13-27-50-41-25-11-17-33-35(41)19-9-23-39(33)47(37-21-7-5-15-31(37)32-16-6-8-22-38(32)47)40-24-10-20-36-34(40)18-12-26-42(36)51-28-14-30-53-44(49)46(3,4)55/h5-12,15-26,54-55H,13-14,27-30H2,1-4H3. The van der Waals surface area contributed by atoms with Crippen molar-refractivity contribution >= 4 is 58.7 Å². The van der Waals surface area contributed by atoms with E-state index in [1.807, 2.05) is 12.1 Å². The molecule has 1 aliphatic rings. The summed E-state index contributed by atoms with van der Waals surface area (Å²) >= 11 is 8.63. The van der Waals surface area contributed by atoms with E-state index < -0.39 is 14.9 Å². The van der Waals surface area contributed by atoms with Gasteiger partial charge in [-0.05, 0) is 84.0 Å². The van der Waals surface area contributed by atoms with Crippen LogP contribution in [-0.4, -0.2) is 47.9 Å². The van der Waals surface area contributed by atoms with Crippen molar-refractivity contribution in [1.29, 1.82) is 0 Å². The summed E-state index contributed by atoms with van der Waals surface area (Å²) in [6.07, 6.45) is 1.10. The third kappa shape index (κ3) is 7.42. The predicted octanol–water partition coefficient (Wildman–Crippen LogP) is 10.4. The Morgan fingerprint density at radius 3 is 1.25 bits per heavy atom. The molecule has 6 aromatic carbocycles. The Morgan fingerprint density at radius 2 is 0.836 bits per heavy atom. The smallest absolute Gasteiger partial charge is 0.321 e. The number of esters is 2. The molecule has 0 atom stereocenters. The van der Waals surface area contributed by atoms with Crippen molar-refractivity contribution in [3.05, 3.63) is 144 Å².